The molecule has 0 aromatic heterocycles. The number of hydrogen-bond donors (Lipinski definition) is 1. The third-order valence-electron chi connectivity index (χ3n) is 10.0. The number of hydrogen-bond acceptors (Lipinski definition) is 7. The van der Waals surface area contributed by atoms with Gasteiger partial charge in [-0.15, -0.1) is 0 Å². The lowest BCUT2D eigenvalue weighted by atomic mass is 9.69. The molecule has 1 heterocycles. The molecule has 4 aromatic rings. The minimum atomic E-state index is -0.734. The van der Waals surface area contributed by atoms with Crippen LogP contribution in [0.2, 0.25) is 0 Å². The maximum atomic E-state index is 13.1. The van der Waals surface area contributed by atoms with Gasteiger partial charge in [0.25, 0.3) is 11.8 Å². The SMILES string of the molecule is C=C1CC[C@H](N2C(=O)c3ccc(OCCCOCCOc4ccc([C@H]5c6ccc(O)cc6CC[C@H]5c5ccccc5)cc4)cc3C2=O)C(=O)C1. The van der Waals surface area contributed by atoms with E-state index in [1.54, 1.807) is 24.3 Å². The van der Waals surface area contributed by atoms with Crippen molar-refractivity contribution in [3.63, 3.8) is 0 Å². The Kier molecular flexibility index (Phi) is 9.81. The van der Waals surface area contributed by atoms with Gasteiger partial charge in [0.15, 0.2) is 5.78 Å². The number of phenolic OH excluding ortho intramolecular Hbond substituents is 1. The molecule has 0 spiro atoms. The zero-order valence-corrected chi connectivity index (χ0v) is 28.0. The number of rotatable bonds is 12. The molecule has 1 saturated carbocycles. The first-order valence-electron chi connectivity index (χ1n) is 17.4. The van der Waals surface area contributed by atoms with Crippen molar-refractivity contribution < 1.29 is 33.7 Å². The van der Waals surface area contributed by atoms with E-state index in [2.05, 4.69) is 55.1 Å². The standard InChI is InChI=1S/C42H41NO7/c1-27-8-19-38(39(45)24-27)43-41(46)36-18-15-33(26-37(36)42(43)47)49-21-5-20-48-22-23-50-32-13-9-29(10-14-32)40-34(28-6-3-2-4-7-28)16-11-30-25-31(44)12-17-35(30)40/h2-4,6-7,9-10,12-15,17-18,25-26,34,38,40,44H,1,5,8,11,16,19-24H2/t34-,38-,40+/m0/s1. The highest BCUT2D eigenvalue weighted by Crippen LogP contribution is 2.47. The summed E-state index contributed by atoms with van der Waals surface area (Å²) >= 11 is 0. The number of benzene rings is 4. The van der Waals surface area contributed by atoms with Gasteiger partial charge in [0.1, 0.15) is 23.9 Å². The third kappa shape index (κ3) is 6.94. The fourth-order valence-electron chi connectivity index (χ4n) is 7.56. The molecule has 4 aromatic carbocycles. The van der Waals surface area contributed by atoms with Gasteiger partial charge in [-0.1, -0.05) is 60.7 Å². The highest BCUT2D eigenvalue weighted by molar-refractivity contribution is 6.23. The first kappa shape index (κ1) is 33.3. The van der Waals surface area contributed by atoms with Crippen LogP contribution in [0.5, 0.6) is 17.2 Å². The van der Waals surface area contributed by atoms with Gasteiger partial charge in [0, 0.05) is 25.4 Å². The smallest absolute Gasteiger partial charge is 0.262 e. The summed E-state index contributed by atoms with van der Waals surface area (Å²) in [6.45, 7) is 5.56. The lowest BCUT2D eigenvalue weighted by Crippen LogP contribution is -2.46. The molecule has 0 saturated heterocycles. The second-order valence-corrected chi connectivity index (χ2v) is 13.3. The second kappa shape index (κ2) is 14.7. The van der Waals surface area contributed by atoms with Gasteiger partial charge in [-0.2, -0.15) is 0 Å². The molecule has 3 atom stereocenters. The van der Waals surface area contributed by atoms with Crippen LogP contribution in [0.15, 0.2) is 103 Å². The van der Waals surface area contributed by atoms with Crippen molar-refractivity contribution in [3.8, 4) is 17.2 Å². The van der Waals surface area contributed by atoms with E-state index in [1.807, 2.05) is 18.2 Å². The lowest BCUT2D eigenvalue weighted by Gasteiger charge is -2.34. The number of ketones is 1. The van der Waals surface area contributed by atoms with Crippen LogP contribution in [0.1, 0.15) is 86.9 Å². The van der Waals surface area contributed by atoms with Gasteiger partial charge in [0.2, 0.25) is 0 Å². The Labute approximate surface area is 292 Å². The molecule has 256 valence electrons. The third-order valence-corrected chi connectivity index (χ3v) is 10.0. The Morgan fingerprint density at radius 3 is 2.28 bits per heavy atom. The molecule has 3 aliphatic rings. The first-order chi connectivity index (χ1) is 24.4. The quantitative estimate of drug-likeness (QED) is 0.0952. The van der Waals surface area contributed by atoms with E-state index in [1.165, 1.54) is 22.3 Å². The van der Waals surface area contributed by atoms with Crippen LogP contribution in [0.25, 0.3) is 0 Å². The van der Waals surface area contributed by atoms with Crippen molar-refractivity contribution in [2.24, 2.45) is 0 Å². The summed E-state index contributed by atoms with van der Waals surface area (Å²) in [4.78, 5) is 39.7. The summed E-state index contributed by atoms with van der Waals surface area (Å²) in [6.07, 6.45) is 3.83. The number of fused-ring (bicyclic) bond motifs is 2. The van der Waals surface area contributed by atoms with Crippen LogP contribution < -0.4 is 9.47 Å². The van der Waals surface area contributed by atoms with Gasteiger partial charge in [0.05, 0.1) is 30.4 Å². The van der Waals surface area contributed by atoms with E-state index in [9.17, 15) is 19.5 Å². The second-order valence-electron chi connectivity index (χ2n) is 13.3. The molecule has 1 N–H and O–H groups in total. The van der Waals surface area contributed by atoms with Crippen LogP contribution in [0.4, 0.5) is 0 Å². The van der Waals surface area contributed by atoms with E-state index in [0.29, 0.717) is 68.7 Å². The molecule has 1 aliphatic heterocycles. The molecule has 0 radical (unpaired) electrons. The lowest BCUT2D eigenvalue weighted by molar-refractivity contribution is -0.123. The van der Waals surface area contributed by atoms with Gasteiger partial charge in [-0.05, 0) is 96.3 Å². The van der Waals surface area contributed by atoms with E-state index >= 15 is 0 Å². The minimum absolute atomic E-state index is 0.142. The predicted octanol–water partition coefficient (Wildman–Crippen LogP) is 7.39. The van der Waals surface area contributed by atoms with Crippen LogP contribution in [-0.2, 0) is 16.0 Å². The number of Topliss-reactive ketones (excluding diaryl/α,β-unsaturated/α-hetero) is 1. The number of carbonyl (C=O) groups excluding carboxylic acids is 3. The first-order valence-corrected chi connectivity index (χ1v) is 17.4. The molecule has 1 fully saturated rings. The Balaban J connectivity index is 0.862. The van der Waals surface area contributed by atoms with Crippen LogP contribution in [0, 0.1) is 0 Å². The van der Waals surface area contributed by atoms with Crippen molar-refractivity contribution in [1.82, 2.24) is 4.90 Å². The number of phenols is 1. The molecule has 7 rings (SSSR count). The van der Waals surface area contributed by atoms with E-state index in [4.69, 9.17) is 14.2 Å². The van der Waals surface area contributed by atoms with Gasteiger partial charge >= 0.3 is 0 Å². The monoisotopic (exact) mass is 671 g/mol. The van der Waals surface area contributed by atoms with Gasteiger partial charge in [-0.3, -0.25) is 19.3 Å². The topological polar surface area (TPSA) is 102 Å². The highest BCUT2D eigenvalue weighted by atomic mass is 16.5. The highest BCUT2D eigenvalue weighted by Gasteiger charge is 2.43. The number of ether oxygens (including phenoxy) is 3. The van der Waals surface area contributed by atoms with Gasteiger partial charge < -0.3 is 19.3 Å². The van der Waals surface area contributed by atoms with E-state index in [0.717, 1.165) is 29.1 Å². The number of imide groups is 1. The Hall–Kier alpha value is -5.21. The van der Waals surface area contributed by atoms with Crippen molar-refractivity contribution in [2.75, 3.05) is 26.4 Å². The largest absolute Gasteiger partial charge is 0.508 e. The molecular formula is C42H41NO7. The number of nitrogens with zero attached hydrogens (tertiary/aromatic N) is 1. The summed E-state index contributed by atoms with van der Waals surface area (Å²) < 4.78 is 17.6. The van der Waals surface area contributed by atoms with E-state index in [-0.39, 0.29) is 23.7 Å². The van der Waals surface area contributed by atoms with Crippen molar-refractivity contribution in [2.45, 2.75) is 56.4 Å². The summed E-state index contributed by atoms with van der Waals surface area (Å²) in [5, 5.41) is 10.1. The molecule has 0 bridgehead atoms. The minimum Gasteiger partial charge on any atom is -0.508 e. The normalized spacial score (nSPS) is 20.1. The van der Waals surface area contributed by atoms with Crippen molar-refractivity contribution in [3.05, 3.63) is 137 Å². The molecule has 2 aliphatic carbocycles. The molecule has 50 heavy (non-hydrogen) atoms. The number of aromatic hydroxyl groups is 1. The zero-order valence-electron chi connectivity index (χ0n) is 28.0. The zero-order chi connectivity index (χ0) is 34.6. The number of carbonyl (C=O) groups is 3. The fourth-order valence-corrected chi connectivity index (χ4v) is 7.56. The average Bonchev–Trinajstić information content (AvgIpc) is 3.37. The molecule has 8 nitrogen and oxygen atoms in total. The van der Waals surface area contributed by atoms with Crippen LogP contribution in [0.3, 0.4) is 0 Å². The maximum Gasteiger partial charge on any atom is 0.262 e. The fraction of sp³-hybridized carbons (Fsp3) is 0.310. The Morgan fingerprint density at radius 1 is 0.720 bits per heavy atom. The molecule has 8 heteroatoms. The number of aryl methyl sites for hydroxylation is 1. The van der Waals surface area contributed by atoms with E-state index < -0.39 is 17.9 Å². The molecular weight excluding hydrogens is 630 g/mol. The summed E-state index contributed by atoms with van der Waals surface area (Å²) in [6, 6.07) is 28.9. The number of amides is 2. The summed E-state index contributed by atoms with van der Waals surface area (Å²) in [5.74, 6) is 1.09. The Bertz CT molecular complexity index is 1900. The number of allylic oxidation sites excluding steroid dienone is 1. The molecule has 2 amide bonds. The predicted molar refractivity (Wildman–Crippen MR) is 189 cm³/mol. The summed E-state index contributed by atoms with van der Waals surface area (Å²) in [5.41, 5.74) is 6.42. The van der Waals surface area contributed by atoms with Crippen LogP contribution in [-0.4, -0.2) is 60.1 Å². The maximum absolute atomic E-state index is 13.1. The van der Waals surface area contributed by atoms with Crippen molar-refractivity contribution >= 4 is 17.6 Å². The Morgan fingerprint density at radius 2 is 1.48 bits per heavy atom. The molecule has 0 unspecified atom stereocenters. The summed E-state index contributed by atoms with van der Waals surface area (Å²) in [7, 11) is 0. The van der Waals surface area contributed by atoms with Crippen molar-refractivity contribution in [1.29, 1.82) is 0 Å². The van der Waals surface area contributed by atoms with Crippen LogP contribution >= 0.6 is 0 Å². The van der Waals surface area contributed by atoms with Gasteiger partial charge in [-0.25, -0.2) is 0 Å². The average molecular weight is 672 g/mol.